The summed E-state index contributed by atoms with van der Waals surface area (Å²) in [5, 5.41) is 0. The third-order valence-corrected chi connectivity index (χ3v) is 8.42. The highest BCUT2D eigenvalue weighted by molar-refractivity contribution is 7.47. The summed E-state index contributed by atoms with van der Waals surface area (Å²) in [6.45, 7) is 4.85. The average Bonchev–Trinajstić information content (AvgIpc) is 2.99. The Morgan fingerprint density at radius 3 is 1.70 bits per heavy atom. The molecule has 2 unspecified atom stereocenters. The van der Waals surface area contributed by atoms with Crippen LogP contribution in [0.2, 0.25) is 0 Å². The predicted octanol–water partition coefficient (Wildman–Crippen LogP) is 9.58. The van der Waals surface area contributed by atoms with Gasteiger partial charge in [-0.1, -0.05) is 129 Å². The first kappa shape index (κ1) is 42.2. The van der Waals surface area contributed by atoms with Crippen LogP contribution in [0.4, 0.5) is 0 Å². The number of nitrogens with two attached hydrogens (primary N) is 1. The Kier molecular flexibility index (Phi) is 32.1. The first-order valence-electron chi connectivity index (χ1n) is 17.7. The SMILES string of the molecule is CCCCCCCC/C=C\CCCCCCCCCCOCC(COP(=O)(O)OCCN)OC(=O)CCCCCCCC. The molecule has 0 saturated heterocycles. The summed E-state index contributed by atoms with van der Waals surface area (Å²) in [5.74, 6) is -0.340. The van der Waals surface area contributed by atoms with Crippen LogP contribution < -0.4 is 5.73 Å². The van der Waals surface area contributed by atoms with Gasteiger partial charge in [0.2, 0.25) is 0 Å². The van der Waals surface area contributed by atoms with Gasteiger partial charge in [-0.2, -0.15) is 0 Å². The van der Waals surface area contributed by atoms with Crippen molar-refractivity contribution < 1.29 is 32.8 Å². The van der Waals surface area contributed by atoms with Gasteiger partial charge in [-0.15, -0.1) is 0 Å². The minimum absolute atomic E-state index is 0.0938. The maximum atomic E-state index is 12.3. The van der Waals surface area contributed by atoms with Crippen LogP contribution in [0.15, 0.2) is 12.2 Å². The van der Waals surface area contributed by atoms with Crippen LogP contribution in [0.1, 0.15) is 162 Å². The number of unbranched alkanes of at least 4 members (excludes halogenated alkanes) is 19. The second-order valence-electron chi connectivity index (χ2n) is 11.7. The molecule has 0 fully saturated rings. The Labute approximate surface area is 264 Å². The lowest BCUT2D eigenvalue weighted by molar-refractivity contribution is -0.154. The number of hydrogen-bond acceptors (Lipinski definition) is 7. The Morgan fingerprint density at radius 1 is 0.674 bits per heavy atom. The number of esters is 1. The summed E-state index contributed by atoms with van der Waals surface area (Å²) < 4.78 is 33.1. The fourth-order valence-electron chi connectivity index (χ4n) is 4.81. The zero-order valence-electron chi connectivity index (χ0n) is 28.0. The molecule has 0 aliphatic rings. The molecule has 2 atom stereocenters. The van der Waals surface area contributed by atoms with Crippen molar-refractivity contribution in [3.05, 3.63) is 12.2 Å². The summed E-state index contributed by atoms with van der Waals surface area (Å²) >= 11 is 0. The van der Waals surface area contributed by atoms with Crippen molar-refractivity contribution in [2.75, 3.05) is 33.0 Å². The quantitative estimate of drug-likeness (QED) is 0.0311. The molecular weight excluding hydrogens is 565 g/mol. The molecule has 0 heterocycles. The Hall–Kier alpha value is -0.760. The van der Waals surface area contributed by atoms with E-state index in [1.54, 1.807) is 0 Å². The zero-order valence-corrected chi connectivity index (χ0v) is 28.8. The van der Waals surface area contributed by atoms with Gasteiger partial charge >= 0.3 is 13.8 Å². The van der Waals surface area contributed by atoms with Crippen LogP contribution >= 0.6 is 7.82 Å². The molecule has 0 aliphatic carbocycles. The molecule has 0 bridgehead atoms. The van der Waals surface area contributed by atoms with Gasteiger partial charge in [0, 0.05) is 19.6 Å². The van der Waals surface area contributed by atoms with Crippen LogP contribution in [0.3, 0.4) is 0 Å². The second-order valence-corrected chi connectivity index (χ2v) is 13.2. The van der Waals surface area contributed by atoms with Crippen LogP contribution in [0, 0.1) is 0 Å². The highest BCUT2D eigenvalue weighted by Crippen LogP contribution is 2.43. The van der Waals surface area contributed by atoms with Crippen molar-refractivity contribution >= 4 is 13.8 Å². The van der Waals surface area contributed by atoms with E-state index in [4.69, 9.17) is 24.3 Å². The topological polar surface area (TPSA) is 117 Å². The van der Waals surface area contributed by atoms with Crippen molar-refractivity contribution in [1.82, 2.24) is 0 Å². The third-order valence-electron chi connectivity index (χ3n) is 7.43. The fraction of sp³-hybridized carbons (Fsp3) is 0.912. The van der Waals surface area contributed by atoms with Crippen LogP contribution in [0.25, 0.3) is 0 Å². The van der Waals surface area contributed by atoms with E-state index in [0.29, 0.717) is 13.0 Å². The number of phosphoric acid groups is 1. The zero-order chi connectivity index (χ0) is 31.7. The fourth-order valence-corrected chi connectivity index (χ4v) is 5.58. The first-order valence-corrected chi connectivity index (χ1v) is 19.2. The van der Waals surface area contributed by atoms with Crippen molar-refractivity contribution in [1.29, 1.82) is 0 Å². The molecule has 0 amide bonds. The smallest absolute Gasteiger partial charge is 0.457 e. The highest BCUT2D eigenvalue weighted by Gasteiger charge is 2.25. The molecule has 0 rings (SSSR count). The van der Waals surface area contributed by atoms with E-state index in [0.717, 1.165) is 32.1 Å². The lowest BCUT2D eigenvalue weighted by Crippen LogP contribution is -2.28. The standard InChI is InChI=1S/C34H68NO7P/c1-3-5-7-9-11-12-13-14-15-16-17-18-19-20-21-22-24-26-29-39-31-33(32-41-43(37,38)40-30-28-35)42-34(36)27-25-23-10-8-6-4-2/h14-15,33H,3-13,16-32,35H2,1-2H3,(H,37,38)/b15-14-. The molecular formula is C34H68NO7P. The number of allylic oxidation sites excluding steroid dienone is 2. The molecule has 0 aromatic rings. The van der Waals surface area contributed by atoms with Crippen molar-refractivity contribution in [3.8, 4) is 0 Å². The lowest BCUT2D eigenvalue weighted by atomic mass is 10.1. The van der Waals surface area contributed by atoms with Gasteiger partial charge in [0.1, 0.15) is 6.10 Å². The van der Waals surface area contributed by atoms with Gasteiger partial charge < -0.3 is 20.1 Å². The maximum absolute atomic E-state index is 12.3. The molecule has 0 aromatic carbocycles. The largest absolute Gasteiger partial charge is 0.472 e. The van der Waals surface area contributed by atoms with E-state index in [1.807, 2.05) is 0 Å². The van der Waals surface area contributed by atoms with E-state index < -0.39 is 13.9 Å². The van der Waals surface area contributed by atoms with Gasteiger partial charge in [-0.25, -0.2) is 4.57 Å². The highest BCUT2D eigenvalue weighted by atomic mass is 31.2. The maximum Gasteiger partial charge on any atom is 0.472 e. The van der Waals surface area contributed by atoms with Gasteiger partial charge in [0.25, 0.3) is 0 Å². The number of carbonyl (C=O) groups excluding carboxylic acids is 1. The lowest BCUT2D eigenvalue weighted by Gasteiger charge is -2.20. The monoisotopic (exact) mass is 633 g/mol. The van der Waals surface area contributed by atoms with Crippen molar-refractivity contribution in [2.24, 2.45) is 5.73 Å². The molecule has 0 aliphatic heterocycles. The Balaban J connectivity index is 3.95. The van der Waals surface area contributed by atoms with E-state index in [-0.39, 0.29) is 32.3 Å². The summed E-state index contributed by atoms with van der Waals surface area (Å²) in [4.78, 5) is 22.1. The number of phosphoric ester groups is 1. The van der Waals surface area contributed by atoms with E-state index >= 15 is 0 Å². The van der Waals surface area contributed by atoms with Crippen LogP contribution in [-0.2, 0) is 27.9 Å². The number of carbonyl (C=O) groups is 1. The molecule has 256 valence electrons. The third kappa shape index (κ3) is 32.4. The van der Waals surface area contributed by atoms with E-state index in [2.05, 4.69) is 26.0 Å². The minimum Gasteiger partial charge on any atom is -0.457 e. The van der Waals surface area contributed by atoms with Gasteiger partial charge in [-0.05, 0) is 38.5 Å². The van der Waals surface area contributed by atoms with E-state index in [1.165, 1.54) is 109 Å². The predicted molar refractivity (Wildman–Crippen MR) is 178 cm³/mol. The molecule has 8 nitrogen and oxygen atoms in total. The second kappa shape index (κ2) is 32.6. The van der Waals surface area contributed by atoms with Crippen molar-refractivity contribution in [2.45, 2.75) is 168 Å². The van der Waals surface area contributed by atoms with Crippen molar-refractivity contribution in [3.63, 3.8) is 0 Å². The molecule has 43 heavy (non-hydrogen) atoms. The Bertz CT molecular complexity index is 677. The number of hydrogen-bond donors (Lipinski definition) is 2. The van der Waals surface area contributed by atoms with E-state index in [9.17, 15) is 14.3 Å². The minimum atomic E-state index is -4.25. The molecule has 9 heteroatoms. The molecule has 0 aromatic heterocycles. The Morgan fingerprint density at radius 2 is 1.16 bits per heavy atom. The summed E-state index contributed by atoms with van der Waals surface area (Å²) in [5.41, 5.74) is 5.32. The summed E-state index contributed by atoms with van der Waals surface area (Å²) in [6.07, 6.45) is 31.1. The van der Waals surface area contributed by atoms with Crippen LogP contribution in [-0.4, -0.2) is 49.9 Å². The molecule has 0 saturated carbocycles. The van der Waals surface area contributed by atoms with Gasteiger partial charge in [0.15, 0.2) is 0 Å². The molecule has 0 radical (unpaired) electrons. The normalized spacial score (nSPS) is 13.9. The number of ether oxygens (including phenoxy) is 2. The summed E-state index contributed by atoms with van der Waals surface area (Å²) in [7, 11) is -4.25. The average molecular weight is 634 g/mol. The van der Waals surface area contributed by atoms with Crippen LogP contribution in [0.5, 0.6) is 0 Å². The summed E-state index contributed by atoms with van der Waals surface area (Å²) in [6, 6.07) is 0. The number of rotatable bonds is 34. The first-order chi connectivity index (χ1) is 20.9. The van der Waals surface area contributed by atoms with Gasteiger partial charge in [-0.3, -0.25) is 13.8 Å². The van der Waals surface area contributed by atoms with Gasteiger partial charge in [0.05, 0.1) is 19.8 Å². The molecule has 3 N–H and O–H groups in total. The molecule has 0 spiro atoms.